The van der Waals surface area contributed by atoms with Crippen LogP contribution >= 0.6 is 0 Å². The van der Waals surface area contributed by atoms with Crippen LogP contribution in [0.15, 0.2) is 12.4 Å². The topological polar surface area (TPSA) is 90.9 Å². The van der Waals surface area contributed by atoms with Crippen LogP contribution in [-0.4, -0.2) is 22.6 Å². The summed E-state index contributed by atoms with van der Waals surface area (Å²) in [6, 6.07) is 4.16. The lowest BCUT2D eigenvalue weighted by Gasteiger charge is -2.26. The molecule has 0 aliphatic heterocycles. The summed E-state index contributed by atoms with van der Waals surface area (Å²) >= 11 is 0. The van der Waals surface area contributed by atoms with Crippen LogP contribution in [0.5, 0.6) is 0 Å². The van der Waals surface area contributed by atoms with Gasteiger partial charge in [-0.05, 0) is 13.8 Å². The van der Waals surface area contributed by atoms with Crippen molar-refractivity contribution in [2.45, 2.75) is 26.3 Å². The van der Waals surface area contributed by atoms with E-state index < -0.39 is 0 Å². The number of aromatic nitrogens is 2. The Morgan fingerprint density at radius 3 is 2.88 bits per heavy atom. The van der Waals surface area contributed by atoms with Crippen molar-refractivity contribution in [3.63, 3.8) is 0 Å². The molecule has 0 saturated carbocycles. The number of nitrogens with two attached hydrogens (primary N) is 1. The maximum absolute atomic E-state index is 8.60. The van der Waals surface area contributed by atoms with E-state index in [4.69, 9.17) is 11.1 Å². The smallest absolute Gasteiger partial charge is 0.145 e. The van der Waals surface area contributed by atoms with Crippen molar-refractivity contribution in [2.75, 3.05) is 16.9 Å². The van der Waals surface area contributed by atoms with Crippen LogP contribution in [0.4, 0.5) is 11.6 Å². The lowest BCUT2D eigenvalue weighted by atomic mass is 10.3. The van der Waals surface area contributed by atoms with E-state index in [2.05, 4.69) is 35.3 Å². The SMILES string of the molecule is CC(C)N(CCC#N)c1cc(NN)ncn1. The molecule has 0 aromatic carbocycles. The lowest BCUT2D eigenvalue weighted by Crippen LogP contribution is -2.32. The molecule has 0 aliphatic carbocycles. The van der Waals surface area contributed by atoms with E-state index in [0.29, 0.717) is 18.8 Å². The molecule has 0 amide bonds. The van der Waals surface area contributed by atoms with Gasteiger partial charge in [-0.2, -0.15) is 5.26 Å². The number of anilines is 2. The van der Waals surface area contributed by atoms with Crippen LogP contribution in [0.2, 0.25) is 0 Å². The average Bonchev–Trinajstić information content (AvgIpc) is 2.29. The molecular formula is C10H16N6. The van der Waals surface area contributed by atoms with Crippen LogP contribution < -0.4 is 16.2 Å². The largest absolute Gasteiger partial charge is 0.353 e. The fourth-order valence-electron chi connectivity index (χ4n) is 1.39. The Morgan fingerprint density at radius 1 is 1.56 bits per heavy atom. The van der Waals surface area contributed by atoms with Gasteiger partial charge in [-0.25, -0.2) is 15.8 Å². The molecule has 86 valence electrons. The van der Waals surface area contributed by atoms with Gasteiger partial charge in [-0.3, -0.25) is 0 Å². The summed E-state index contributed by atoms with van der Waals surface area (Å²) < 4.78 is 0. The Bertz CT molecular complexity index is 370. The maximum atomic E-state index is 8.60. The predicted molar refractivity (Wildman–Crippen MR) is 62.6 cm³/mol. The molecule has 0 atom stereocenters. The molecule has 3 N–H and O–H groups in total. The average molecular weight is 220 g/mol. The van der Waals surface area contributed by atoms with Crippen molar-refractivity contribution in [1.82, 2.24) is 9.97 Å². The zero-order valence-electron chi connectivity index (χ0n) is 9.51. The van der Waals surface area contributed by atoms with Gasteiger partial charge in [-0.15, -0.1) is 0 Å². The highest BCUT2D eigenvalue weighted by molar-refractivity contribution is 5.48. The summed E-state index contributed by atoms with van der Waals surface area (Å²) in [6.45, 7) is 4.75. The van der Waals surface area contributed by atoms with Crippen molar-refractivity contribution < 1.29 is 0 Å². The van der Waals surface area contributed by atoms with Crippen LogP contribution in [0.25, 0.3) is 0 Å². The molecule has 0 spiro atoms. The van der Waals surface area contributed by atoms with E-state index in [1.165, 1.54) is 6.33 Å². The number of nitriles is 1. The number of rotatable bonds is 5. The van der Waals surface area contributed by atoms with E-state index in [0.717, 1.165) is 5.82 Å². The van der Waals surface area contributed by atoms with Crippen molar-refractivity contribution in [3.05, 3.63) is 12.4 Å². The minimum atomic E-state index is 0.272. The standard InChI is InChI=1S/C10H16N6/c1-8(2)16(5-3-4-11)10-6-9(15-12)13-7-14-10/h6-8H,3,5,12H2,1-2H3,(H,13,14,15). The molecule has 0 bridgehead atoms. The highest BCUT2D eigenvalue weighted by Gasteiger charge is 2.11. The summed E-state index contributed by atoms with van der Waals surface area (Å²) in [5, 5.41) is 8.60. The number of hydrogen-bond donors (Lipinski definition) is 2. The first-order valence-corrected chi connectivity index (χ1v) is 5.11. The molecular weight excluding hydrogens is 204 g/mol. The minimum Gasteiger partial charge on any atom is -0.353 e. The Labute approximate surface area is 95.1 Å². The van der Waals surface area contributed by atoms with Crippen LogP contribution in [0, 0.1) is 11.3 Å². The van der Waals surface area contributed by atoms with Crippen molar-refractivity contribution >= 4 is 11.6 Å². The van der Waals surface area contributed by atoms with E-state index >= 15 is 0 Å². The Morgan fingerprint density at radius 2 is 2.31 bits per heavy atom. The van der Waals surface area contributed by atoms with Gasteiger partial charge in [-0.1, -0.05) is 0 Å². The molecule has 1 rings (SSSR count). The Hall–Kier alpha value is -1.87. The first kappa shape index (κ1) is 12.2. The van der Waals surface area contributed by atoms with Crippen molar-refractivity contribution in [3.8, 4) is 6.07 Å². The highest BCUT2D eigenvalue weighted by atomic mass is 15.3. The third-order valence-corrected chi connectivity index (χ3v) is 2.18. The molecule has 1 aromatic heterocycles. The van der Waals surface area contributed by atoms with Gasteiger partial charge in [0.1, 0.15) is 18.0 Å². The minimum absolute atomic E-state index is 0.272. The maximum Gasteiger partial charge on any atom is 0.145 e. The fourth-order valence-corrected chi connectivity index (χ4v) is 1.39. The molecule has 0 saturated heterocycles. The van der Waals surface area contributed by atoms with Gasteiger partial charge in [0.05, 0.1) is 12.5 Å². The number of nitrogens with one attached hydrogen (secondary N) is 1. The monoisotopic (exact) mass is 220 g/mol. The molecule has 0 aliphatic rings. The normalized spacial score (nSPS) is 9.94. The van der Waals surface area contributed by atoms with E-state index in [1.54, 1.807) is 6.07 Å². The van der Waals surface area contributed by atoms with Crippen LogP contribution in [-0.2, 0) is 0 Å². The van der Waals surface area contributed by atoms with Crippen molar-refractivity contribution in [1.29, 1.82) is 5.26 Å². The number of hydrogen-bond acceptors (Lipinski definition) is 6. The second kappa shape index (κ2) is 5.88. The second-order valence-electron chi connectivity index (χ2n) is 3.60. The number of nitrogens with zero attached hydrogens (tertiary/aromatic N) is 4. The molecule has 0 unspecified atom stereocenters. The van der Waals surface area contributed by atoms with E-state index in [-0.39, 0.29) is 6.04 Å². The molecule has 6 heteroatoms. The first-order valence-electron chi connectivity index (χ1n) is 5.11. The molecule has 0 radical (unpaired) electrons. The molecule has 0 fully saturated rings. The molecule has 1 aromatic rings. The number of nitrogen functional groups attached to an aromatic ring is 1. The van der Waals surface area contributed by atoms with Crippen LogP contribution in [0.3, 0.4) is 0 Å². The Balaban J connectivity index is 2.88. The fraction of sp³-hybridized carbons (Fsp3) is 0.500. The van der Waals surface area contributed by atoms with Crippen LogP contribution in [0.1, 0.15) is 20.3 Å². The van der Waals surface area contributed by atoms with E-state index in [9.17, 15) is 0 Å². The number of hydrazine groups is 1. The zero-order chi connectivity index (χ0) is 12.0. The predicted octanol–water partition coefficient (Wildman–Crippen LogP) is 0.891. The summed E-state index contributed by atoms with van der Waals surface area (Å²) in [7, 11) is 0. The Kier molecular flexibility index (Phi) is 4.48. The molecule has 1 heterocycles. The van der Waals surface area contributed by atoms with Gasteiger partial charge >= 0.3 is 0 Å². The highest BCUT2D eigenvalue weighted by Crippen LogP contribution is 2.16. The zero-order valence-corrected chi connectivity index (χ0v) is 9.51. The summed E-state index contributed by atoms with van der Waals surface area (Å²) in [5.41, 5.74) is 2.47. The quantitative estimate of drug-likeness (QED) is 0.565. The first-order chi connectivity index (χ1) is 7.69. The third-order valence-electron chi connectivity index (χ3n) is 2.18. The lowest BCUT2D eigenvalue weighted by molar-refractivity contribution is 0.676. The third kappa shape index (κ3) is 3.07. The summed E-state index contributed by atoms with van der Waals surface area (Å²) in [5.74, 6) is 6.62. The van der Waals surface area contributed by atoms with Gasteiger partial charge in [0, 0.05) is 18.7 Å². The summed E-state index contributed by atoms with van der Waals surface area (Å²) in [6.07, 6.45) is 1.92. The molecule has 6 nitrogen and oxygen atoms in total. The van der Waals surface area contributed by atoms with Crippen molar-refractivity contribution in [2.24, 2.45) is 5.84 Å². The summed E-state index contributed by atoms with van der Waals surface area (Å²) in [4.78, 5) is 10.1. The second-order valence-corrected chi connectivity index (χ2v) is 3.60. The van der Waals surface area contributed by atoms with Gasteiger partial charge in [0.2, 0.25) is 0 Å². The van der Waals surface area contributed by atoms with Gasteiger partial charge < -0.3 is 10.3 Å². The molecule has 16 heavy (non-hydrogen) atoms. The van der Waals surface area contributed by atoms with Gasteiger partial charge in [0.25, 0.3) is 0 Å². The van der Waals surface area contributed by atoms with E-state index in [1.807, 2.05) is 4.90 Å². The van der Waals surface area contributed by atoms with Gasteiger partial charge in [0.15, 0.2) is 0 Å².